The molecule has 4 aliphatic heterocycles. The Bertz CT molecular complexity index is 595. The Balaban J connectivity index is 0.000000267. The fourth-order valence-corrected chi connectivity index (χ4v) is 4.74. The fraction of sp³-hybridized carbons (Fsp3) is 0.857. The van der Waals surface area contributed by atoms with E-state index in [9.17, 15) is 19.2 Å². The van der Waals surface area contributed by atoms with Crippen molar-refractivity contribution >= 4 is 23.1 Å². The minimum Gasteiger partial charge on any atom is -0.314 e. The minimum absolute atomic E-state index is 0.266. The SMILES string of the molecule is CC(=O)CN1CCNCC1.CC(=O)CN1CCNCC1.CC(=O)CN1CC[15NH]CC1.CC(=O)CN1CC[15NH]CC1. The van der Waals surface area contributed by atoms with Crippen LogP contribution in [0.1, 0.15) is 27.7 Å². The van der Waals surface area contributed by atoms with Crippen molar-refractivity contribution in [2.24, 2.45) is 0 Å². The van der Waals surface area contributed by atoms with Gasteiger partial charge < -0.3 is 21.3 Å². The maximum absolute atomic E-state index is 10.6. The van der Waals surface area contributed by atoms with Gasteiger partial charge in [0.1, 0.15) is 23.1 Å². The second-order valence-electron chi connectivity index (χ2n) is 10.9. The summed E-state index contributed by atoms with van der Waals surface area (Å²) >= 11 is 0. The summed E-state index contributed by atoms with van der Waals surface area (Å²) in [4.78, 5) is 51.3. The molecule has 0 aliphatic carbocycles. The monoisotopic (exact) mass is 570 g/mol. The van der Waals surface area contributed by atoms with Crippen molar-refractivity contribution in [3.8, 4) is 0 Å². The van der Waals surface area contributed by atoms with E-state index in [-0.39, 0.29) is 23.1 Å². The van der Waals surface area contributed by atoms with Gasteiger partial charge in [-0.15, -0.1) is 0 Å². The average Bonchev–Trinajstić information content (AvgIpc) is 2.91. The summed E-state index contributed by atoms with van der Waals surface area (Å²) in [6.07, 6.45) is 0. The van der Waals surface area contributed by atoms with Crippen molar-refractivity contribution in [3.05, 3.63) is 0 Å². The molecule has 12 heteroatoms. The van der Waals surface area contributed by atoms with Gasteiger partial charge in [-0.2, -0.15) is 0 Å². The first-order chi connectivity index (χ1) is 19.2. The van der Waals surface area contributed by atoms with Gasteiger partial charge in [0, 0.05) is 105 Å². The molecule has 0 radical (unpaired) electrons. The molecule has 4 N–H and O–H groups in total. The molecule has 4 heterocycles. The zero-order chi connectivity index (χ0) is 29.6. The molecular weight excluding hydrogens is 514 g/mol. The summed E-state index contributed by atoms with van der Waals surface area (Å²) in [5.41, 5.74) is 0. The van der Waals surface area contributed by atoms with E-state index in [1.165, 1.54) is 0 Å². The van der Waals surface area contributed by atoms with E-state index in [0.29, 0.717) is 26.2 Å². The van der Waals surface area contributed by atoms with Crippen LogP contribution in [0.2, 0.25) is 0 Å². The molecule has 4 fully saturated rings. The van der Waals surface area contributed by atoms with E-state index in [1.54, 1.807) is 27.7 Å². The van der Waals surface area contributed by atoms with Crippen LogP contribution in [0, 0.1) is 0 Å². The van der Waals surface area contributed by atoms with Crippen molar-refractivity contribution < 1.29 is 19.2 Å². The molecular formula is C28H56N8O4. The average molecular weight is 571 g/mol. The van der Waals surface area contributed by atoms with Crippen LogP contribution in [-0.2, 0) is 19.2 Å². The second-order valence-corrected chi connectivity index (χ2v) is 10.9. The summed E-state index contributed by atoms with van der Waals surface area (Å²) in [5, 5.41) is 12.9. The Morgan fingerprint density at radius 1 is 0.375 bits per heavy atom. The number of nitrogens with zero attached hydrogens (tertiary/aromatic N) is 4. The lowest BCUT2D eigenvalue weighted by Gasteiger charge is -2.25. The molecule has 0 atom stereocenters. The standard InChI is InChI=1S/4C7H14N2O/c4*1-7(10)6-9-4-2-8-3-5-9/h4*8H,2-6H2,1H3/i2*8+1;;. The van der Waals surface area contributed by atoms with Crippen molar-refractivity contribution in [2.75, 3.05) is 131 Å². The zero-order valence-corrected chi connectivity index (χ0v) is 25.6. The molecule has 0 aromatic carbocycles. The van der Waals surface area contributed by atoms with Crippen molar-refractivity contribution in [2.45, 2.75) is 27.7 Å². The Morgan fingerprint density at radius 2 is 0.525 bits per heavy atom. The van der Waals surface area contributed by atoms with Crippen molar-refractivity contribution in [1.82, 2.24) is 40.9 Å². The van der Waals surface area contributed by atoms with E-state index >= 15 is 0 Å². The highest BCUT2D eigenvalue weighted by atomic mass is 16.1. The lowest BCUT2D eigenvalue weighted by molar-refractivity contribution is -0.119. The third-order valence-corrected chi connectivity index (χ3v) is 6.62. The fourth-order valence-electron chi connectivity index (χ4n) is 4.74. The Labute approximate surface area is 241 Å². The molecule has 12 nitrogen and oxygen atoms in total. The van der Waals surface area contributed by atoms with Gasteiger partial charge in [-0.3, -0.25) is 38.8 Å². The first-order valence-corrected chi connectivity index (χ1v) is 14.9. The van der Waals surface area contributed by atoms with E-state index in [2.05, 4.69) is 40.9 Å². The molecule has 0 amide bonds. The lowest BCUT2D eigenvalue weighted by Crippen LogP contribution is -2.45. The number of nitrogens with one attached hydrogen (secondary N) is 4. The summed E-state index contributed by atoms with van der Waals surface area (Å²) in [5.74, 6) is 1.06. The highest BCUT2D eigenvalue weighted by Gasteiger charge is 2.12. The first-order valence-electron chi connectivity index (χ1n) is 14.9. The van der Waals surface area contributed by atoms with Crippen LogP contribution in [0.25, 0.3) is 0 Å². The topological polar surface area (TPSA) is 129 Å². The summed E-state index contributed by atoms with van der Waals surface area (Å²) < 4.78 is 0. The van der Waals surface area contributed by atoms with Gasteiger partial charge >= 0.3 is 0 Å². The third-order valence-electron chi connectivity index (χ3n) is 6.62. The van der Waals surface area contributed by atoms with Crippen LogP contribution < -0.4 is 21.3 Å². The summed E-state index contributed by atoms with van der Waals surface area (Å²) in [6.45, 7) is 25.3. The molecule has 0 aromatic heterocycles. The Kier molecular flexibility index (Phi) is 20.9. The van der Waals surface area contributed by atoms with Crippen LogP contribution in [0.4, 0.5) is 0 Å². The van der Waals surface area contributed by atoms with E-state index in [1.807, 2.05) is 0 Å². The Hall–Kier alpha value is -1.64. The summed E-state index contributed by atoms with van der Waals surface area (Å²) in [6, 6.07) is 0. The van der Waals surface area contributed by atoms with Crippen LogP contribution in [0.5, 0.6) is 0 Å². The lowest BCUT2D eigenvalue weighted by atomic mass is 10.3. The number of ketones is 4. The van der Waals surface area contributed by atoms with E-state index < -0.39 is 0 Å². The second kappa shape index (κ2) is 23.0. The Morgan fingerprint density at radius 3 is 0.650 bits per heavy atom. The van der Waals surface area contributed by atoms with Crippen molar-refractivity contribution in [3.63, 3.8) is 0 Å². The molecule has 0 aromatic rings. The maximum atomic E-state index is 10.6. The van der Waals surface area contributed by atoms with Crippen LogP contribution in [0.15, 0.2) is 0 Å². The number of carbonyl (C=O) groups excluding carboxylic acids is 4. The molecule has 232 valence electrons. The van der Waals surface area contributed by atoms with Gasteiger partial charge in [-0.1, -0.05) is 0 Å². The molecule has 4 rings (SSSR count). The van der Waals surface area contributed by atoms with Crippen molar-refractivity contribution in [1.29, 1.82) is 0 Å². The number of rotatable bonds is 8. The maximum Gasteiger partial charge on any atom is 0.143 e. The van der Waals surface area contributed by atoms with E-state index in [0.717, 1.165) is 105 Å². The number of carbonyl (C=O) groups is 4. The predicted molar refractivity (Wildman–Crippen MR) is 160 cm³/mol. The molecule has 0 unspecified atom stereocenters. The number of hydrogen-bond donors (Lipinski definition) is 4. The molecule has 40 heavy (non-hydrogen) atoms. The van der Waals surface area contributed by atoms with Gasteiger partial charge in [0.2, 0.25) is 0 Å². The predicted octanol–water partition coefficient (Wildman–Crippen LogP) is -2.08. The van der Waals surface area contributed by atoms with Gasteiger partial charge in [0.05, 0.1) is 26.2 Å². The van der Waals surface area contributed by atoms with Gasteiger partial charge in [-0.25, -0.2) is 0 Å². The highest BCUT2D eigenvalue weighted by molar-refractivity contribution is 5.78. The number of piperazine rings is 4. The zero-order valence-electron chi connectivity index (χ0n) is 25.6. The summed E-state index contributed by atoms with van der Waals surface area (Å²) in [7, 11) is 0. The van der Waals surface area contributed by atoms with Crippen LogP contribution in [0.3, 0.4) is 0 Å². The van der Waals surface area contributed by atoms with Gasteiger partial charge in [0.15, 0.2) is 0 Å². The number of hydrogen-bond acceptors (Lipinski definition) is 12. The number of Topliss-reactive ketones (excluding diaryl/α,β-unsaturated/α-hetero) is 4. The largest absolute Gasteiger partial charge is 0.314 e. The van der Waals surface area contributed by atoms with Gasteiger partial charge in [0.25, 0.3) is 0 Å². The van der Waals surface area contributed by atoms with Crippen LogP contribution in [-0.4, -0.2) is 174 Å². The molecule has 0 bridgehead atoms. The van der Waals surface area contributed by atoms with E-state index in [4.69, 9.17) is 0 Å². The molecule has 0 saturated carbocycles. The molecule has 4 aliphatic rings. The first kappa shape index (κ1) is 36.4. The third kappa shape index (κ3) is 21.2. The normalized spacial score (nSPS) is 20.9. The highest BCUT2D eigenvalue weighted by Crippen LogP contribution is 1.93. The van der Waals surface area contributed by atoms with Gasteiger partial charge in [-0.05, 0) is 27.7 Å². The van der Waals surface area contributed by atoms with Crippen LogP contribution >= 0.6 is 0 Å². The molecule has 4 saturated heterocycles. The quantitative estimate of drug-likeness (QED) is 0.239. The molecule has 0 spiro atoms. The smallest absolute Gasteiger partial charge is 0.143 e. The minimum atomic E-state index is 0.266.